The fourth-order valence-corrected chi connectivity index (χ4v) is 1.87. The normalized spacial score (nSPS) is 25.5. The van der Waals surface area contributed by atoms with Crippen LogP contribution < -0.4 is 5.73 Å². The summed E-state index contributed by atoms with van der Waals surface area (Å²) in [7, 11) is 1.42. The number of rotatable bonds is 2. The molecule has 90 valence electrons. The van der Waals surface area contributed by atoms with Gasteiger partial charge in [-0.15, -0.1) is 12.4 Å². The number of nitrogens with zero attached hydrogens (tertiary/aromatic N) is 1. The summed E-state index contributed by atoms with van der Waals surface area (Å²) in [4.78, 5) is 13.2. The highest BCUT2D eigenvalue weighted by molar-refractivity contribution is 5.85. The van der Waals surface area contributed by atoms with Crippen molar-refractivity contribution < 1.29 is 9.53 Å². The number of ether oxygens (including phenoxy) is 1. The maximum atomic E-state index is 11.1. The lowest BCUT2D eigenvalue weighted by Gasteiger charge is -2.42. The fourth-order valence-electron chi connectivity index (χ4n) is 1.87. The molecule has 0 aromatic heterocycles. The Balaban J connectivity index is 0.00000196. The molecule has 1 heterocycles. The average molecular weight is 237 g/mol. The van der Waals surface area contributed by atoms with Gasteiger partial charge in [0.1, 0.15) is 0 Å². The summed E-state index contributed by atoms with van der Waals surface area (Å²) in [5.74, 6) is -0.170. The predicted molar refractivity (Wildman–Crippen MR) is 62.1 cm³/mol. The van der Waals surface area contributed by atoms with E-state index in [1.165, 1.54) is 7.11 Å². The third kappa shape index (κ3) is 3.97. The molecule has 4 nitrogen and oxygen atoms in total. The Morgan fingerprint density at radius 1 is 1.60 bits per heavy atom. The highest BCUT2D eigenvalue weighted by Crippen LogP contribution is 2.27. The van der Waals surface area contributed by atoms with Crippen LogP contribution in [0.4, 0.5) is 0 Å². The topological polar surface area (TPSA) is 55.6 Å². The molecule has 1 rings (SSSR count). The van der Waals surface area contributed by atoms with E-state index in [0.29, 0.717) is 6.54 Å². The Bertz CT molecular complexity index is 221. The molecule has 0 spiro atoms. The van der Waals surface area contributed by atoms with Crippen LogP contribution in [0, 0.1) is 5.41 Å². The van der Waals surface area contributed by atoms with Crippen LogP contribution >= 0.6 is 12.4 Å². The molecule has 1 fully saturated rings. The van der Waals surface area contributed by atoms with Gasteiger partial charge in [0.25, 0.3) is 0 Å². The molecular formula is C10H21ClN2O2. The summed E-state index contributed by atoms with van der Waals surface area (Å²) >= 11 is 0. The van der Waals surface area contributed by atoms with Gasteiger partial charge >= 0.3 is 5.97 Å². The minimum Gasteiger partial charge on any atom is -0.468 e. The van der Waals surface area contributed by atoms with Crippen molar-refractivity contribution in [2.45, 2.75) is 26.3 Å². The number of hydrogen-bond donors (Lipinski definition) is 1. The van der Waals surface area contributed by atoms with Crippen molar-refractivity contribution in [1.29, 1.82) is 0 Å². The monoisotopic (exact) mass is 236 g/mol. The zero-order chi connectivity index (χ0) is 10.8. The number of esters is 1. The molecule has 0 aliphatic carbocycles. The van der Waals surface area contributed by atoms with Gasteiger partial charge in [-0.3, -0.25) is 9.69 Å². The Morgan fingerprint density at radius 2 is 2.20 bits per heavy atom. The first kappa shape index (κ1) is 14.7. The molecule has 0 bridgehead atoms. The van der Waals surface area contributed by atoms with E-state index < -0.39 is 0 Å². The van der Waals surface area contributed by atoms with Crippen LogP contribution in [-0.4, -0.2) is 43.7 Å². The van der Waals surface area contributed by atoms with Gasteiger partial charge in [-0.2, -0.15) is 0 Å². The van der Waals surface area contributed by atoms with Crippen LogP contribution in [0.25, 0.3) is 0 Å². The Labute approximate surface area is 97.5 Å². The Kier molecular flexibility index (Phi) is 5.56. The van der Waals surface area contributed by atoms with Crippen LogP contribution in [0.2, 0.25) is 0 Å². The molecule has 0 aromatic carbocycles. The van der Waals surface area contributed by atoms with Gasteiger partial charge in [-0.1, -0.05) is 13.8 Å². The van der Waals surface area contributed by atoms with Gasteiger partial charge in [0.2, 0.25) is 0 Å². The van der Waals surface area contributed by atoms with Crippen molar-refractivity contribution in [3.8, 4) is 0 Å². The molecule has 0 saturated carbocycles. The van der Waals surface area contributed by atoms with Crippen molar-refractivity contribution in [1.82, 2.24) is 4.90 Å². The van der Waals surface area contributed by atoms with Crippen molar-refractivity contribution in [2.24, 2.45) is 11.1 Å². The first-order chi connectivity index (χ1) is 6.45. The fraction of sp³-hybridized carbons (Fsp3) is 0.900. The van der Waals surface area contributed by atoms with Gasteiger partial charge < -0.3 is 10.5 Å². The van der Waals surface area contributed by atoms with Crippen LogP contribution in [0.3, 0.4) is 0 Å². The van der Waals surface area contributed by atoms with E-state index in [9.17, 15) is 4.79 Å². The summed E-state index contributed by atoms with van der Waals surface area (Å²) in [5.41, 5.74) is 6.08. The van der Waals surface area contributed by atoms with Crippen LogP contribution in [0.15, 0.2) is 0 Å². The van der Waals surface area contributed by atoms with Gasteiger partial charge in [-0.25, -0.2) is 0 Å². The van der Waals surface area contributed by atoms with E-state index in [4.69, 9.17) is 5.73 Å². The molecular weight excluding hydrogens is 216 g/mol. The van der Waals surface area contributed by atoms with Crippen LogP contribution in [0.5, 0.6) is 0 Å². The number of likely N-dealkylation sites (tertiary alicyclic amines) is 1. The largest absolute Gasteiger partial charge is 0.468 e. The van der Waals surface area contributed by atoms with Crippen LogP contribution in [-0.2, 0) is 9.53 Å². The second-order valence-corrected chi connectivity index (χ2v) is 4.67. The number of halogens is 1. The Hall–Kier alpha value is -0.320. The molecule has 1 unspecified atom stereocenters. The quantitative estimate of drug-likeness (QED) is 0.715. The van der Waals surface area contributed by atoms with Crippen molar-refractivity contribution in [3.63, 3.8) is 0 Å². The SMILES string of the molecule is COC(=O)CN1CCC(N)C(C)(C)C1.Cl. The lowest BCUT2D eigenvalue weighted by atomic mass is 9.80. The molecule has 2 N–H and O–H groups in total. The smallest absolute Gasteiger partial charge is 0.319 e. The third-order valence-corrected chi connectivity index (χ3v) is 2.97. The lowest BCUT2D eigenvalue weighted by Crippen LogP contribution is -2.53. The van der Waals surface area contributed by atoms with Crippen molar-refractivity contribution in [2.75, 3.05) is 26.7 Å². The highest BCUT2D eigenvalue weighted by Gasteiger charge is 2.33. The summed E-state index contributed by atoms with van der Waals surface area (Å²) in [6, 6.07) is 0.233. The summed E-state index contributed by atoms with van der Waals surface area (Å²) in [6.45, 7) is 6.41. The molecule has 0 radical (unpaired) electrons. The van der Waals surface area contributed by atoms with E-state index in [1.807, 2.05) is 0 Å². The zero-order valence-electron chi connectivity index (χ0n) is 9.66. The number of methoxy groups -OCH3 is 1. The molecule has 1 atom stereocenters. The maximum absolute atomic E-state index is 11.1. The molecule has 5 heteroatoms. The molecule has 0 aromatic rings. The second-order valence-electron chi connectivity index (χ2n) is 4.67. The van der Waals surface area contributed by atoms with E-state index in [2.05, 4.69) is 23.5 Å². The third-order valence-electron chi connectivity index (χ3n) is 2.97. The number of piperidine rings is 1. The van der Waals surface area contributed by atoms with Crippen molar-refractivity contribution in [3.05, 3.63) is 0 Å². The van der Waals surface area contributed by atoms with E-state index >= 15 is 0 Å². The number of carbonyl (C=O) groups is 1. The van der Waals surface area contributed by atoms with Crippen LogP contribution in [0.1, 0.15) is 20.3 Å². The summed E-state index contributed by atoms with van der Waals surface area (Å²) < 4.78 is 4.64. The molecule has 1 saturated heterocycles. The molecule has 15 heavy (non-hydrogen) atoms. The number of carbonyl (C=O) groups excluding carboxylic acids is 1. The first-order valence-electron chi connectivity index (χ1n) is 5.00. The van der Waals surface area contributed by atoms with E-state index in [1.54, 1.807) is 0 Å². The number of hydrogen-bond acceptors (Lipinski definition) is 4. The molecule has 0 amide bonds. The molecule has 1 aliphatic heterocycles. The summed E-state index contributed by atoms with van der Waals surface area (Å²) in [6.07, 6.45) is 0.948. The first-order valence-corrected chi connectivity index (χ1v) is 5.00. The minimum atomic E-state index is -0.170. The minimum absolute atomic E-state index is 0. The zero-order valence-corrected chi connectivity index (χ0v) is 10.5. The second kappa shape index (κ2) is 5.68. The summed E-state index contributed by atoms with van der Waals surface area (Å²) in [5, 5.41) is 0. The van der Waals surface area contributed by atoms with Gasteiger partial charge in [0.15, 0.2) is 0 Å². The Morgan fingerprint density at radius 3 is 2.67 bits per heavy atom. The average Bonchev–Trinajstić information content (AvgIpc) is 2.11. The lowest BCUT2D eigenvalue weighted by molar-refractivity contribution is -0.142. The van der Waals surface area contributed by atoms with E-state index in [-0.39, 0.29) is 29.8 Å². The van der Waals surface area contributed by atoms with E-state index in [0.717, 1.165) is 19.5 Å². The van der Waals surface area contributed by atoms with Gasteiger partial charge in [0, 0.05) is 19.1 Å². The van der Waals surface area contributed by atoms with Crippen molar-refractivity contribution >= 4 is 18.4 Å². The standard InChI is InChI=1S/C10H20N2O2.ClH/c1-10(2)7-12(5-4-8(10)11)6-9(13)14-3;/h8H,4-7,11H2,1-3H3;1H. The predicted octanol–water partition coefficient (Wildman–Crippen LogP) is 0.640. The maximum Gasteiger partial charge on any atom is 0.319 e. The highest BCUT2D eigenvalue weighted by atomic mass is 35.5. The number of nitrogens with two attached hydrogens (primary N) is 1. The van der Waals surface area contributed by atoms with Gasteiger partial charge in [0.05, 0.1) is 13.7 Å². The van der Waals surface area contributed by atoms with Gasteiger partial charge in [-0.05, 0) is 11.8 Å². The molecule has 1 aliphatic rings.